The summed E-state index contributed by atoms with van der Waals surface area (Å²) in [6.45, 7) is 0. The average molecular weight is 524 g/mol. The number of amides is 1. The molecule has 0 saturated carbocycles. The van der Waals surface area contributed by atoms with Gasteiger partial charge in [0.05, 0.1) is 10.9 Å². The zero-order chi connectivity index (χ0) is 27.3. The molecule has 1 amide bonds. The fourth-order valence-electron chi connectivity index (χ4n) is 4.11. The highest BCUT2D eigenvalue weighted by atomic mass is 19.2. The molecule has 6 nitrogen and oxygen atoms in total. The van der Waals surface area contributed by atoms with Crippen molar-refractivity contribution in [3.05, 3.63) is 106 Å². The van der Waals surface area contributed by atoms with Crippen LogP contribution in [0.15, 0.2) is 70.1 Å². The summed E-state index contributed by atoms with van der Waals surface area (Å²) in [6.07, 6.45) is 0. The number of nitrogen functional groups attached to an aromatic ring is 1. The molecule has 3 N–H and O–H groups in total. The van der Waals surface area contributed by atoms with Crippen LogP contribution in [0.2, 0.25) is 0 Å². The summed E-state index contributed by atoms with van der Waals surface area (Å²) in [6, 6.07) is 14.8. The second-order valence-corrected chi connectivity index (χ2v) is 8.13. The Morgan fingerprint density at radius 2 is 1.45 bits per heavy atom. The van der Waals surface area contributed by atoms with Crippen LogP contribution < -0.4 is 11.1 Å². The van der Waals surface area contributed by atoms with Gasteiger partial charge in [0, 0.05) is 34.3 Å². The van der Waals surface area contributed by atoms with Crippen molar-refractivity contribution in [3.8, 4) is 22.5 Å². The van der Waals surface area contributed by atoms with Crippen LogP contribution in [0, 0.1) is 29.1 Å². The number of fused-ring (bicyclic) bond motifs is 2. The molecule has 38 heavy (non-hydrogen) atoms. The molecule has 190 valence electrons. The van der Waals surface area contributed by atoms with Crippen LogP contribution in [0.3, 0.4) is 0 Å². The lowest BCUT2D eigenvalue weighted by Crippen LogP contribution is -2.14. The molecule has 1 aliphatic carbocycles. The predicted octanol–water partition coefficient (Wildman–Crippen LogP) is 5.92. The molecule has 1 heterocycles. The highest BCUT2D eigenvalue weighted by Gasteiger charge is 2.29. The normalized spacial score (nSPS) is 11.9. The molecule has 0 spiro atoms. The van der Waals surface area contributed by atoms with E-state index in [0.29, 0.717) is 27.8 Å². The number of benzene rings is 4. The van der Waals surface area contributed by atoms with Gasteiger partial charge >= 0.3 is 5.97 Å². The van der Waals surface area contributed by atoms with Crippen molar-refractivity contribution >= 4 is 28.5 Å². The van der Waals surface area contributed by atoms with Gasteiger partial charge in [-0.25, -0.2) is 31.7 Å². The Balaban J connectivity index is 1.77. The highest BCUT2D eigenvalue weighted by molar-refractivity contribution is 6.07. The topological polar surface area (TPSA) is 106 Å². The zero-order valence-electron chi connectivity index (χ0n) is 18.9. The third-order valence-corrected chi connectivity index (χ3v) is 5.81. The minimum Gasteiger partial charge on any atom is -0.478 e. The van der Waals surface area contributed by atoms with Crippen molar-refractivity contribution in [1.29, 1.82) is 0 Å². The summed E-state index contributed by atoms with van der Waals surface area (Å²) < 4.78 is 74.5. The Bertz CT molecular complexity index is 1820. The zero-order valence-corrected chi connectivity index (χ0v) is 18.9. The third-order valence-electron chi connectivity index (χ3n) is 5.81. The maximum absolute atomic E-state index is 14.1. The van der Waals surface area contributed by atoms with Crippen molar-refractivity contribution in [2.75, 3.05) is 5.73 Å². The molecule has 3 aromatic rings. The fraction of sp³-hybridized carbons (Fsp3) is 0. The maximum atomic E-state index is 14.1. The van der Waals surface area contributed by atoms with E-state index in [2.05, 4.69) is 4.99 Å². The molecule has 11 heteroatoms. The van der Waals surface area contributed by atoms with E-state index in [-0.39, 0.29) is 22.3 Å². The number of hydrogen-bond donors (Lipinski definition) is 2. The van der Waals surface area contributed by atoms with Gasteiger partial charge in [-0.05, 0) is 35.9 Å². The molecule has 0 saturated heterocycles. The highest BCUT2D eigenvalue weighted by Crippen LogP contribution is 2.41. The molecule has 0 radical (unpaired) electrons. The van der Waals surface area contributed by atoms with E-state index in [1.807, 2.05) is 0 Å². The van der Waals surface area contributed by atoms with Crippen LogP contribution in [-0.2, 0) is 0 Å². The van der Waals surface area contributed by atoms with E-state index in [4.69, 9.17) is 10.2 Å². The standard InChI is InChI=1S/C27H13F5N2O4/c28-21-20(22(29)24(31)25(32)23(21)30)26(35)34-12-6-8-16-18(10-12)38-17-9-11(33)5-7-15(17)19(16)13-3-1-2-4-14(13)27(36)37/h1-10H,33H2,(H,36,37). The molecule has 0 fully saturated rings. The van der Waals surface area contributed by atoms with Crippen molar-refractivity contribution in [1.82, 2.24) is 0 Å². The van der Waals surface area contributed by atoms with E-state index in [0.717, 1.165) is 0 Å². The first-order chi connectivity index (χ1) is 18.1. The monoisotopic (exact) mass is 524 g/mol. The first kappa shape index (κ1) is 24.6. The Labute approximate surface area is 209 Å². The smallest absolute Gasteiger partial charge is 0.336 e. The quantitative estimate of drug-likeness (QED) is 0.100. The van der Waals surface area contributed by atoms with Crippen LogP contribution in [0.5, 0.6) is 0 Å². The van der Waals surface area contributed by atoms with Crippen LogP contribution in [0.1, 0.15) is 20.7 Å². The number of aromatic carboxylic acids is 1. The molecule has 0 aromatic heterocycles. The summed E-state index contributed by atoms with van der Waals surface area (Å²) in [7, 11) is 0. The molecule has 0 atom stereocenters. The number of rotatable bonds is 3. The van der Waals surface area contributed by atoms with Crippen molar-refractivity contribution in [2.24, 2.45) is 4.99 Å². The van der Waals surface area contributed by atoms with E-state index in [9.17, 15) is 36.6 Å². The summed E-state index contributed by atoms with van der Waals surface area (Å²) in [5.41, 5.74) is 5.94. The number of hydrogen-bond acceptors (Lipinski definition) is 4. The molecule has 5 rings (SSSR count). The Hall–Kier alpha value is -5.06. The summed E-state index contributed by atoms with van der Waals surface area (Å²) in [5, 5.41) is 10.0. The van der Waals surface area contributed by atoms with Gasteiger partial charge < -0.3 is 15.3 Å². The van der Waals surface area contributed by atoms with Gasteiger partial charge in [-0.15, -0.1) is 0 Å². The maximum Gasteiger partial charge on any atom is 0.336 e. The molecule has 0 unspecified atom stereocenters. The number of anilines is 1. The van der Waals surface area contributed by atoms with Crippen LogP contribution in [-0.4, -0.2) is 17.0 Å². The number of nitrogens with zero attached hydrogens (tertiary/aromatic N) is 1. The molecule has 3 aromatic carbocycles. The Kier molecular flexibility index (Phi) is 5.90. The number of halogens is 5. The van der Waals surface area contributed by atoms with E-state index >= 15 is 0 Å². The van der Waals surface area contributed by atoms with E-state index in [1.54, 1.807) is 30.3 Å². The molecular formula is C27H13F5N2O4. The van der Waals surface area contributed by atoms with Crippen LogP contribution >= 0.6 is 0 Å². The minimum absolute atomic E-state index is 0.00613. The van der Waals surface area contributed by atoms with E-state index < -0.39 is 46.5 Å². The number of carboxylic acid groups (broad SMARTS) is 1. The first-order valence-electron chi connectivity index (χ1n) is 10.8. The number of carboxylic acids is 1. The number of nitrogens with two attached hydrogens (primary N) is 1. The van der Waals surface area contributed by atoms with Crippen LogP contribution in [0.4, 0.5) is 27.6 Å². The Morgan fingerprint density at radius 1 is 0.789 bits per heavy atom. The van der Waals surface area contributed by atoms with Crippen LogP contribution in [0.25, 0.3) is 33.4 Å². The van der Waals surface area contributed by atoms with Gasteiger partial charge in [0.2, 0.25) is 5.82 Å². The number of carbonyl (C=O) groups is 2. The summed E-state index contributed by atoms with van der Waals surface area (Å²) in [5.74, 6) is -14.4. The number of carbonyl (C=O) groups excluding carboxylic acids is 1. The largest absolute Gasteiger partial charge is 0.478 e. The van der Waals surface area contributed by atoms with Gasteiger partial charge in [0.1, 0.15) is 16.9 Å². The minimum atomic E-state index is -2.40. The third kappa shape index (κ3) is 3.94. The molecule has 0 bridgehead atoms. The summed E-state index contributed by atoms with van der Waals surface area (Å²) in [4.78, 5) is 27.9. The van der Waals surface area contributed by atoms with Gasteiger partial charge in [0.25, 0.3) is 5.91 Å². The lowest BCUT2D eigenvalue weighted by Gasteiger charge is -2.17. The predicted molar refractivity (Wildman–Crippen MR) is 126 cm³/mol. The van der Waals surface area contributed by atoms with Crippen molar-refractivity contribution in [3.63, 3.8) is 0 Å². The Morgan fingerprint density at radius 3 is 2.13 bits per heavy atom. The lowest BCUT2D eigenvalue weighted by atomic mass is 9.91. The van der Waals surface area contributed by atoms with Gasteiger partial charge in [-0.2, -0.15) is 0 Å². The van der Waals surface area contributed by atoms with Gasteiger partial charge in [-0.1, -0.05) is 18.2 Å². The van der Waals surface area contributed by atoms with Gasteiger partial charge in [0.15, 0.2) is 23.3 Å². The van der Waals surface area contributed by atoms with E-state index in [1.165, 1.54) is 30.3 Å². The SMILES string of the molecule is Nc1ccc2c(-c3ccccc3C(=O)O)c3ccc(=NC(=O)c4c(F)c(F)c(F)c(F)c4F)cc-3oc2c1. The lowest BCUT2D eigenvalue weighted by molar-refractivity contribution is 0.0697. The fourth-order valence-corrected chi connectivity index (χ4v) is 4.11. The van der Waals surface area contributed by atoms with Gasteiger partial charge in [-0.3, -0.25) is 4.79 Å². The molecular weight excluding hydrogens is 511 g/mol. The molecule has 1 aliphatic heterocycles. The average Bonchev–Trinajstić information content (AvgIpc) is 2.89. The first-order valence-corrected chi connectivity index (χ1v) is 10.8. The van der Waals surface area contributed by atoms with Crippen molar-refractivity contribution < 1.29 is 41.1 Å². The second-order valence-electron chi connectivity index (χ2n) is 8.13. The second kappa shape index (κ2) is 9.11. The molecule has 2 aliphatic rings. The van der Waals surface area contributed by atoms with Crippen molar-refractivity contribution in [2.45, 2.75) is 0 Å². The summed E-state index contributed by atoms with van der Waals surface area (Å²) >= 11 is 0.